The first kappa shape index (κ1) is 17.9. The second-order valence-electron chi connectivity index (χ2n) is 6.70. The third-order valence-corrected chi connectivity index (χ3v) is 4.57. The molecule has 3 N–H and O–H groups in total. The number of amides is 2. The van der Waals surface area contributed by atoms with Crippen LogP contribution in [0.15, 0.2) is 23.1 Å². The Kier molecular flexibility index (Phi) is 5.20. The van der Waals surface area contributed by atoms with Crippen LogP contribution >= 0.6 is 0 Å². The molecule has 2 heterocycles. The van der Waals surface area contributed by atoms with E-state index in [9.17, 15) is 14.4 Å². The molecule has 0 aliphatic heterocycles. The monoisotopic (exact) mass is 357 g/mol. The Hall–Kier alpha value is -2.90. The number of aryl methyl sites for hydroxylation is 2. The fourth-order valence-electron chi connectivity index (χ4n) is 2.72. The van der Waals surface area contributed by atoms with Gasteiger partial charge >= 0.3 is 0 Å². The van der Waals surface area contributed by atoms with E-state index in [4.69, 9.17) is 0 Å². The lowest BCUT2D eigenvalue weighted by atomic mass is 10.2. The van der Waals surface area contributed by atoms with E-state index in [1.54, 1.807) is 6.07 Å². The fourth-order valence-corrected chi connectivity index (χ4v) is 2.72. The van der Waals surface area contributed by atoms with Crippen LogP contribution in [0.2, 0.25) is 0 Å². The van der Waals surface area contributed by atoms with Crippen LogP contribution in [0.4, 0.5) is 0 Å². The lowest BCUT2D eigenvalue weighted by Gasteiger charge is -2.09. The summed E-state index contributed by atoms with van der Waals surface area (Å²) in [6, 6.07) is 3.09. The van der Waals surface area contributed by atoms with Gasteiger partial charge in [-0.25, -0.2) is 0 Å². The maximum Gasteiger partial charge on any atom is 0.263 e. The van der Waals surface area contributed by atoms with Crippen LogP contribution in [-0.2, 0) is 17.9 Å². The Labute approximate surface area is 151 Å². The predicted molar refractivity (Wildman–Crippen MR) is 95.7 cm³/mol. The van der Waals surface area contributed by atoms with Gasteiger partial charge in [0.15, 0.2) is 0 Å². The summed E-state index contributed by atoms with van der Waals surface area (Å²) in [5, 5.41) is 12.5. The summed E-state index contributed by atoms with van der Waals surface area (Å²) in [5.74, 6) is -0.158. The molecule has 26 heavy (non-hydrogen) atoms. The number of nitrogens with zero attached hydrogens (tertiary/aromatic N) is 2. The van der Waals surface area contributed by atoms with E-state index in [1.165, 1.54) is 16.8 Å². The first-order valence-electron chi connectivity index (χ1n) is 8.70. The van der Waals surface area contributed by atoms with Crippen molar-refractivity contribution in [3.8, 4) is 0 Å². The van der Waals surface area contributed by atoms with Gasteiger partial charge in [-0.05, 0) is 44.7 Å². The van der Waals surface area contributed by atoms with Gasteiger partial charge in [-0.1, -0.05) is 0 Å². The average molecular weight is 357 g/mol. The van der Waals surface area contributed by atoms with E-state index in [2.05, 4.69) is 20.8 Å². The van der Waals surface area contributed by atoms with Crippen molar-refractivity contribution in [2.24, 2.45) is 5.92 Å². The molecule has 8 nitrogen and oxygen atoms in total. The average Bonchev–Trinajstić information content (AvgIpc) is 3.39. The van der Waals surface area contributed by atoms with Gasteiger partial charge < -0.3 is 15.2 Å². The van der Waals surface area contributed by atoms with Gasteiger partial charge in [0.05, 0.1) is 5.69 Å². The number of hydrogen-bond acceptors (Lipinski definition) is 4. The van der Waals surface area contributed by atoms with Gasteiger partial charge in [0.1, 0.15) is 12.1 Å². The van der Waals surface area contributed by atoms with Crippen LogP contribution in [0.3, 0.4) is 0 Å². The van der Waals surface area contributed by atoms with Crippen LogP contribution in [0.1, 0.15) is 40.2 Å². The topological polar surface area (TPSA) is 109 Å². The first-order valence-corrected chi connectivity index (χ1v) is 8.70. The molecule has 1 saturated carbocycles. The second kappa shape index (κ2) is 7.55. The van der Waals surface area contributed by atoms with Gasteiger partial charge in [-0.3, -0.25) is 19.5 Å². The molecule has 0 radical (unpaired) electrons. The zero-order valence-corrected chi connectivity index (χ0v) is 15.0. The van der Waals surface area contributed by atoms with Crippen molar-refractivity contribution in [2.75, 3.05) is 6.54 Å². The molecule has 0 bridgehead atoms. The minimum Gasteiger partial charge on any atom is -0.352 e. The zero-order chi connectivity index (χ0) is 18.7. The van der Waals surface area contributed by atoms with Gasteiger partial charge in [0.25, 0.3) is 11.5 Å². The number of aromatic nitrogens is 3. The minimum atomic E-state index is -0.466. The first-order chi connectivity index (χ1) is 12.5. The van der Waals surface area contributed by atoms with Crippen molar-refractivity contribution in [3.63, 3.8) is 0 Å². The van der Waals surface area contributed by atoms with E-state index >= 15 is 0 Å². The highest BCUT2D eigenvalue weighted by atomic mass is 16.2. The molecule has 2 aromatic rings. The lowest BCUT2D eigenvalue weighted by Crippen LogP contribution is -2.36. The third kappa shape index (κ3) is 4.19. The number of carbonyl (C=O) groups is 2. The number of carbonyl (C=O) groups excluding carboxylic acids is 2. The molecule has 2 amide bonds. The summed E-state index contributed by atoms with van der Waals surface area (Å²) in [7, 11) is 0. The molecule has 0 saturated heterocycles. The number of aromatic amines is 1. The van der Waals surface area contributed by atoms with Crippen molar-refractivity contribution >= 4 is 11.8 Å². The van der Waals surface area contributed by atoms with Gasteiger partial charge in [0, 0.05) is 30.5 Å². The Balaban J connectivity index is 1.61. The quantitative estimate of drug-likeness (QED) is 0.676. The van der Waals surface area contributed by atoms with Gasteiger partial charge in [0.2, 0.25) is 5.91 Å². The van der Waals surface area contributed by atoms with Crippen molar-refractivity contribution in [3.05, 3.63) is 51.2 Å². The number of pyridine rings is 1. The highest BCUT2D eigenvalue weighted by molar-refractivity contribution is 5.93. The molecule has 0 spiro atoms. The molecule has 8 heteroatoms. The van der Waals surface area contributed by atoms with Crippen LogP contribution in [0.25, 0.3) is 0 Å². The number of H-pyrrole nitrogens is 1. The van der Waals surface area contributed by atoms with Crippen LogP contribution < -0.4 is 16.2 Å². The largest absolute Gasteiger partial charge is 0.352 e. The van der Waals surface area contributed by atoms with Gasteiger partial charge in [-0.15, -0.1) is 0 Å². The SMILES string of the molecule is Cc1n[nH]c(C)c1CNC(=O)Cn1cccc(C(=O)NCC2CC2)c1=O. The van der Waals surface area contributed by atoms with Crippen LogP contribution in [-0.4, -0.2) is 33.1 Å². The Morgan fingerprint density at radius 2 is 2.08 bits per heavy atom. The summed E-state index contributed by atoms with van der Waals surface area (Å²) >= 11 is 0. The molecule has 0 aromatic carbocycles. The fraction of sp³-hybridized carbons (Fsp3) is 0.444. The van der Waals surface area contributed by atoms with E-state index < -0.39 is 5.56 Å². The number of nitrogens with one attached hydrogen (secondary N) is 3. The third-order valence-electron chi connectivity index (χ3n) is 4.57. The molecule has 2 aromatic heterocycles. The van der Waals surface area contributed by atoms with E-state index in [0.29, 0.717) is 19.0 Å². The smallest absolute Gasteiger partial charge is 0.263 e. The summed E-state index contributed by atoms with van der Waals surface area (Å²) in [4.78, 5) is 36.8. The standard InChI is InChI=1S/C18H23N5O3/c1-11-15(12(2)22-21-11)9-19-16(24)10-23-7-3-4-14(18(23)26)17(25)20-8-13-5-6-13/h3-4,7,13H,5-6,8-10H2,1-2H3,(H,19,24)(H,20,25)(H,21,22). The van der Waals surface area contributed by atoms with E-state index in [0.717, 1.165) is 29.8 Å². The molecule has 1 aliphatic rings. The molecular weight excluding hydrogens is 334 g/mol. The van der Waals surface area contributed by atoms with Crippen LogP contribution in [0, 0.1) is 19.8 Å². The summed E-state index contributed by atoms with van der Waals surface area (Å²) < 4.78 is 1.25. The highest BCUT2D eigenvalue weighted by Gasteiger charge is 2.22. The molecule has 3 rings (SSSR count). The predicted octanol–water partition coefficient (Wildman–Crippen LogP) is 0.644. The minimum absolute atomic E-state index is 0.0578. The molecule has 138 valence electrons. The van der Waals surface area contributed by atoms with Crippen LogP contribution in [0.5, 0.6) is 0 Å². The molecule has 1 aliphatic carbocycles. The Morgan fingerprint density at radius 1 is 1.31 bits per heavy atom. The van der Waals surface area contributed by atoms with E-state index in [-0.39, 0.29) is 23.9 Å². The second-order valence-corrected chi connectivity index (χ2v) is 6.70. The van der Waals surface area contributed by atoms with Crippen molar-refractivity contribution in [1.29, 1.82) is 0 Å². The van der Waals surface area contributed by atoms with Crippen molar-refractivity contribution < 1.29 is 9.59 Å². The maximum absolute atomic E-state index is 12.5. The highest BCUT2D eigenvalue weighted by Crippen LogP contribution is 2.27. The van der Waals surface area contributed by atoms with Gasteiger partial charge in [-0.2, -0.15) is 5.10 Å². The summed E-state index contributed by atoms with van der Waals surface area (Å²) in [6.45, 7) is 4.54. The van der Waals surface area contributed by atoms with Crippen molar-refractivity contribution in [2.45, 2.75) is 39.8 Å². The lowest BCUT2D eigenvalue weighted by molar-refractivity contribution is -0.121. The van der Waals surface area contributed by atoms with E-state index in [1.807, 2.05) is 13.8 Å². The van der Waals surface area contributed by atoms with Crippen molar-refractivity contribution in [1.82, 2.24) is 25.4 Å². The molecular formula is C18H23N5O3. The number of hydrogen-bond donors (Lipinski definition) is 3. The maximum atomic E-state index is 12.5. The molecule has 1 fully saturated rings. The molecule has 0 unspecified atom stereocenters. The summed E-state index contributed by atoms with van der Waals surface area (Å²) in [5.41, 5.74) is 2.25. The molecule has 0 atom stereocenters. The normalized spacial score (nSPS) is 13.5. The zero-order valence-electron chi connectivity index (χ0n) is 15.0. The number of rotatable bonds is 7. The summed E-state index contributed by atoms with van der Waals surface area (Å²) in [6.07, 6.45) is 3.75. The Morgan fingerprint density at radius 3 is 2.73 bits per heavy atom. The Bertz CT molecular complexity index is 860.